The molecule has 0 saturated carbocycles. The maximum absolute atomic E-state index is 13.0. The van der Waals surface area contributed by atoms with Crippen LogP contribution in [0, 0.1) is 5.82 Å². The van der Waals surface area contributed by atoms with E-state index in [1.807, 2.05) is 18.2 Å². The number of anilines is 3. The molecule has 30 heavy (non-hydrogen) atoms. The lowest BCUT2D eigenvalue weighted by Gasteiger charge is -2.15. The highest BCUT2D eigenvalue weighted by Crippen LogP contribution is 2.29. The summed E-state index contributed by atoms with van der Waals surface area (Å²) < 4.78 is 18.5. The van der Waals surface area contributed by atoms with Gasteiger partial charge in [-0.2, -0.15) is 0 Å². The Hall–Kier alpha value is -3.61. The lowest BCUT2D eigenvalue weighted by molar-refractivity contribution is 0.214. The molecular formula is C23H25FN4O2. The van der Waals surface area contributed by atoms with E-state index in [0.29, 0.717) is 23.8 Å². The van der Waals surface area contributed by atoms with Gasteiger partial charge in [0.25, 0.3) is 0 Å². The fourth-order valence-electron chi connectivity index (χ4n) is 2.91. The van der Waals surface area contributed by atoms with Gasteiger partial charge in [0.15, 0.2) is 0 Å². The number of nitrogen functional groups attached to an aromatic ring is 1. The molecule has 0 aliphatic rings. The first-order valence-electron chi connectivity index (χ1n) is 9.79. The minimum absolute atomic E-state index is 0.159. The van der Waals surface area contributed by atoms with E-state index >= 15 is 0 Å². The number of benzene rings is 2. The van der Waals surface area contributed by atoms with Crippen molar-refractivity contribution in [3.8, 4) is 5.75 Å². The van der Waals surface area contributed by atoms with Crippen LogP contribution in [-0.4, -0.2) is 11.1 Å². The molecule has 0 radical (unpaired) electrons. The molecule has 1 atom stereocenters. The number of hydrogen-bond donors (Lipinski definition) is 3. The Balaban J connectivity index is 1.62. The molecule has 1 amide bonds. The first-order valence-corrected chi connectivity index (χ1v) is 9.79. The molecule has 0 fully saturated rings. The monoisotopic (exact) mass is 408 g/mol. The number of nitrogens with two attached hydrogens (primary N) is 1. The van der Waals surface area contributed by atoms with Gasteiger partial charge in [0, 0.05) is 6.54 Å². The number of aromatic nitrogens is 1. The molecule has 7 heteroatoms. The van der Waals surface area contributed by atoms with Crippen LogP contribution in [0.15, 0.2) is 60.7 Å². The topological polar surface area (TPSA) is 89.3 Å². The molecule has 4 N–H and O–H groups in total. The molecule has 1 aromatic heterocycles. The number of nitrogens with one attached hydrogen (secondary N) is 2. The number of hydrogen-bond acceptors (Lipinski definition) is 5. The maximum Gasteiger partial charge on any atom is 0.417 e. The number of amides is 1. The summed E-state index contributed by atoms with van der Waals surface area (Å²) in [4.78, 5) is 16.6. The summed E-state index contributed by atoms with van der Waals surface area (Å²) in [6, 6.07) is 17.0. The number of carbonyl (C=O) groups is 1. The van der Waals surface area contributed by atoms with Crippen LogP contribution in [0.3, 0.4) is 0 Å². The summed E-state index contributed by atoms with van der Waals surface area (Å²) in [6.07, 6.45) is 0.303. The molecular weight excluding hydrogens is 383 g/mol. The van der Waals surface area contributed by atoms with Crippen molar-refractivity contribution in [3.63, 3.8) is 0 Å². The van der Waals surface area contributed by atoms with Crippen LogP contribution >= 0.6 is 0 Å². The molecule has 6 nitrogen and oxygen atoms in total. The second-order valence-corrected chi connectivity index (χ2v) is 6.97. The van der Waals surface area contributed by atoms with Gasteiger partial charge in [-0.15, -0.1) is 0 Å². The quantitative estimate of drug-likeness (QED) is 0.478. The van der Waals surface area contributed by atoms with Crippen LogP contribution in [0.4, 0.5) is 26.5 Å². The highest BCUT2D eigenvalue weighted by molar-refractivity contribution is 5.89. The Morgan fingerprint density at radius 3 is 2.57 bits per heavy atom. The third-order valence-electron chi connectivity index (χ3n) is 4.81. The molecule has 0 bridgehead atoms. The van der Waals surface area contributed by atoms with Crippen molar-refractivity contribution >= 4 is 23.4 Å². The van der Waals surface area contributed by atoms with Crippen LogP contribution in [0.5, 0.6) is 5.75 Å². The Bertz CT molecular complexity index is 1010. The highest BCUT2D eigenvalue weighted by atomic mass is 19.1. The van der Waals surface area contributed by atoms with Crippen molar-refractivity contribution in [2.24, 2.45) is 0 Å². The second-order valence-electron chi connectivity index (χ2n) is 6.97. The molecule has 0 spiro atoms. The average Bonchev–Trinajstić information content (AvgIpc) is 2.75. The van der Waals surface area contributed by atoms with Crippen LogP contribution in [0.1, 0.15) is 37.3 Å². The van der Waals surface area contributed by atoms with Crippen LogP contribution < -0.4 is 21.1 Å². The summed E-state index contributed by atoms with van der Waals surface area (Å²) in [5.74, 6) is 1.21. The van der Waals surface area contributed by atoms with Crippen LogP contribution in [0.2, 0.25) is 0 Å². The van der Waals surface area contributed by atoms with Gasteiger partial charge in [0.05, 0.1) is 5.69 Å². The molecule has 3 rings (SSSR count). The smallest absolute Gasteiger partial charge is 0.410 e. The maximum atomic E-state index is 13.0. The van der Waals surface area contributed by atoms with Crippen LogP contribution in [0.25, 0.3) is 0 Å². The Morgan fingerprint density at radius 2 is 1.87 bits per heavy atom. The van der Waals surface area contributed by atoms with E-state index in [0.717, 1.165) is 17.5 Å². The van der Waals surface area contributed by atoms with E-state index in [1.165, 1.54) is 12.1 Å². The first kappa shape index (κ1) is 21.1. The SMILES string of the molecule is CCC(C)c1ccccc1OC(=O)Nc1ccc(NCc2ccc(F)cc2)nc1N. The molecule has 156 valence electrons. The van der Waals surface area contributed by atoms with Crippen LogP contribution in [-0.2, 0) is 6.54 Å². The zero-order chi connectivity index (χ0) is 21.5. The molecule has 3 aromatic rings. The first-order chi connectivity index (χ1) is 14.5. The minimum Gasteiger partial charge on any atom is -0.410 e. The van der Waals surface area contributed by atoms with Gasteiger partial charge in [0.1, 0.15) is 23.2 Å². The summed E-state index contributed by atoms with van der Waals surface area (Å²) in [5.41, 5.74) is 8.21. The number of para-hydroxylation sites is 1. The van der Waals surface area contributed by atoms with Crippen molar-refractivity contribution < 1.29 is 13.9 Å². The zero-order valence-corrected chi connectivity index (χ0v) is 17.0. The highest BCUT2D eigenvalue weighted by Gasteiger charge is 2.14. The number of rotatable bonds is 7. The summed E-state index contributed by atoms with van der Waals surface area (Å²) >= 11 is 0. The van der Waals surface area contributed by atoms with E-state index in [1.54, 1.807) is 30.3 Å². The van der Waals surface area contributed by atoms with E-state index in [-0.39, 0.29) is 17.6 Å². The van der Waals surface area contributed by atoms with Gasteiger partial charge >= 0.3 is 6.09 Å². The summed E-state index contributed by atoms with van der Waals surface area (Å²) in [5, 5.41) is 5.74. The Morgan fingerprint density at radius 1 is 1.13 bits per heavy atom. The standard InChI is InChI=1S/C23H25FN4O2/c1-3-15(2)18-6-4-5-7-20(18)30-23(29)27-19-12-13-21(28-22(19)25)26-14-16-8-10-17(24)11-9-16/h4-13,15H,3,14H2,1-2H3,(H,27,29)(H3,25,26,28). The van der Waals surface area contributed by atoms with Gasteiger partial charge in [-0.25, -0.2) is 14.2 Å². The average molecular weight is 408 g/mol. The second kappa shape index (κ2) is 9.73. The largest absolute Gasteiger partial charge is 0.417 e. The zero-order valence-electron chi connectivity index (χ0n) is 17.0. The molecule has 0 aliphatic heterocycles. The number of halogens is 1. The van der Waals surface area contributed by atoms with Crippen molar-refractivity contribution in [1.29, 1.82) is 0 Å². The lowest BCUT2D eigenvalue weighted by atomic mass is 9.98. The molecule has 2 aromatic carbocycles. The number of pyridine rings is 1. The predicted octanol–water partition coefficient (Wildman–Crippen LogP) is 5.54. The Labute approximate surface area is 175 Å². The van der Waals surface area contributed by atoms with E-state index in [4.69, 9.17) is 10.5 Å². The van der Waals surface area contributed by atoms with Gasteiger partial charge in [-0.1, -0.05) is 44.2 Å². The van der Waals surface area contributed by atoms with Crippen molar-refractivity contribution in [2.45, 2.75) is 32.7 Å². The number of nitrogens with zero attached hydrogens (tertiary/aromatic N) is 1. The van der Waals surface area contributed by atoms with Gasteiger partial charge < -0.3 is 15.8 Å². The van der Waals surface area contributed by atoms with Crippen molar-refractivity contribution in [1.82, 2.24) is 4.98 Å². The van der Waals surface area contributed by atoms with Gasteiger partial charge in [-0.05, 0) is 53.8 Å². The fraction of sp³-hybridized carbons (Fsp3) is 0.217. The lowest BCUT2D eigenvalue weighted by Crippen LogP contribution is -2.19. The fourth-order valence-corrected chi connectivity index (χ4v) is 2.91. The van der Waals surface area contributed by atoms with E-state index < -0.39 is 6.09 Å². The van der Waals surface area contributed by atoms with Gasteiger partial charge in [-0.3, -0.25) is 5.32 Å². The molecule has 1 heterocycles. The molecule has 0 saturated heterocycles. The third-order valence-corrected chi connectivity index (χ3v) is 4.81. The number of ether oxygens (including phenoxy) is 1. The number of carbonyl (C=O) groups excluding carboxylic acids is 1. The summed E-state index contributed by atoms with van der Waals surface area (Å²) in [7, 11) is 0. The molecule has 0 aliphatic carbocycles. The predicted molar refractivity (Wildman–Crippen MR) is 117 cm³/mol. The van der Waals surface area contributed by atoms with Gasteiger partial charge in [0.2, 0.25) is 0 Å². The summed E-state index contributed by atoms with van der Waals surface area (Å²) in [6.45, 7) is 4.63. The van der Waals surface area contributed by atoms with Crippen molar-refractivity contribution in [3.05, 3.63) is 77.6 Å². The Kier molecular flexibility index (Phi) is 6.85. The van der Waals surface area contributed by atoms with Crippen molar-refractivity contribution in [2.75, 3.05) is 16.4 Å². The van der Waals surface area contributed by atoms with E-state index in [9.17, 15) is 9.18 Å². The molecule has 1 unspecified atom stereocenters. The third kappa shape index (κ3) is 5.47. The normalized spacial score (nSPS) is 11.6. The minimum atomic E-state index is -0.633. The van der Waals surface area contributed by atoms with E-state index in [2.05, 4.69) is 29.5 Å².